The molecule has 0 aromatic rings. The third kappa shape index (κ3) is 3.83. The van der Waals surface area contributed by atoms with Crippen LogP contribution in [0.15, 0.2) is 0 Å². The molecule has 0 fully saturated rings. The van der Waals surface area contributed by atoms with Crippen molar-refractivity contribution in [1.29, 1.82) is 0 Å². The van der Waals surface area contributed by atoms with Crippen LogP contribution in [0, 0.1) is 10.1 Å². The second kappa shape index (κ2) is 6.92. The van der Waals surface area contributed by atoms with Gasteiger partial charge in [-0.05, 0) is 20.8 Å². The Labute approximate surface area is 104 Å². The highest BCUT2D eigenvalue weighted by atomic mass is 31.2. The average molecular weight is 285 g/mol. The van der Waals surface area contributed by atoms with Crippen molar-refractivity contribution in [3.8, 4) is 0 Å². The van der Waals surface area contributed by atoms with Gasteiger partial charge in [0.25, 0.3) is 0 Å². The van der Waals surface area contributed by atoms with Crippen LogP contribution >= 0.6 is 7.60 Å². The van der Waals surface area contributed by atoms with Crippen LogP contribution in [0.4, 0.5) is 4.39 Å². The van der Waals surface area contributed by atoms with Crippen LogP contribution in [0.1, 0.15) is 33.6 Å². The largest absolute Gasteiger partial charge is 0.456 e. The van der Waals surface area contributed by atoms with Crippen molar-refractivity contribution in [3.05, 3.63) is 10.1 Å². The van der Waals surface area contributed by atoms with Crippen LogP contribution in [0.3, 0.4) is 0 Å². The Morgan fingerprint density at radius 2 is 1.83 bits per heavy atom. The quantitative estimate of drug-likeness (QED) is 0.279. The summed E-state index contributed by atoms with van der Waals surface area (Å²) in [6, 6.07) is 0. The molecule has 0 N–H and O–H groups in total. The summed E-state index contributed by atoms with van der Waals surface area (Å²) < 4.78 is 35.7. The average Bonchev–Trinajstić information content (AvgIpc) is 2.25. The molecule has 0 aromatic carbocycles. The zero-order chi connectivity index (χ0) is 14.4. The van der Waals surface area contributed by atoms with Crippen molar-refractivity contribution >= 4 is 13.4 Å². The lowest BCUT2D eigenvalue weighted by atomic mass is 10.2. The Kier molecular flexibility index (Phi) is 6.59. The Balaban J connectivity index is 5.31. The summed E-state index contributed by atoms with van der Waals surface area (Å²) >= 11 is 0. The number of ketones is 1. The third-order valence-corrected chi connectivity index (χ3v) is 4.52. The Morgan fingerprint density at radius 3 is 2.11 bits per heavy atom. The maximum absolute atomic E-state index is 14.3. The van der Waals surface area contributed by atoms with E-state index >= 15 is 0 Å². The first-order valence-electron chi connectivity index (χ1n) is 5.45. The van der Waals surface area contributed by atoms with Gasteiger partial charge < -0.3 is 13.8 Å². The number of Topliss-reactive ketones (excluding diaryl/α,β-unsaturated/α-hetero) is 1. The molecular formula is C9H17FNO6P. The minimum Gasteiger partial charge on any atom is -0.302 e. The fourth-order valence-corrected chi connectivity index (χ4v) is 2.97. The number of halogens is 1. The molecule has 0 heterocycles. The van der Waals surface area contributed by atoms with E-state index in [0.717, 1.165) is 6.92 Å². The Morgan fingerprint density at radius 1 is 1.39 bits per heavy atom. The van der Waals surface area contributed by atoms with Crippen LogP contribution in [0.25, 0.3) is 0 Å². The van der Waals surface area contributed by atoms with Crippen molar-refractivity contribution < 1.29 is 27.7 Å². The van der Waals surface area contributed by atoms with E-state index in [9.17, 15) is 23.9 Å². The minimum absolute atomic E-state index is 0.198. The molecule has 0 aromatic heterocycles. The highest BCUT2D eigenvalue weighted by Gasteiger charge is 2.63. The van der Waals surface area contributed by atoms with Gasteiger partial charge in [-0.3, -0.25) is 10.1 Å². The summed E-state index contributed by atoms with van der Waals surface area (Å²) in [5.74, 6) is -0.446. The summed E-state index contributed by atoms with van der Waals surface area (Å²) in [5, 5.41) is 10.8. The number of rotatable bonds is 9. The molecule has 1 atom stereocenters. The van der Waals surface area contributed by atoms with Crippen LogP contribution in [0.5, 0.6) is 0 Å². The van der Waals surface area contributed by atoms with Crippen LogP contribution in [-0.2, 0) is 18.4 Å². The van der Waals surface area contributed by atoms with Crippen LogP contribution in [0.2, 0.25) is 0 Å². The molecule has 0 radical (unpaired) electrons. The van der Waals surface area contributed by atoms with Crippen molar-refractivity contribution in [3.63, 3.8) is 0 Å². The molecule has 18 heavy (non-hydrogen) atoms. The number of carbonyl (C=O) groups excluding carboxylic acids is 1. The molecule has 0 saturated carbocycles. The van der Waals surface area contributed by atoms with Gasteiger partial charge in [0.05, 0.1) is 24.6 Å². The monoisotopic (exact) mass is 285 g/mol. The first kappa shape index (κ1) is 17.2. The number of carbonyl (C=O) groups is 1. The van der Waals surface area contributed by atoms with Gasteiger partial charge in [-0.25, -0.2) is 4.57 Å². The topological polar surface area (TPSA) is 95.7 Å². The fourth-order valence-electron chi connectivity index (χ4n) is 1.24. The SMILES string of the molecule is CCOP(=O)(OCC)C(F)(CCC(C)=O)[N+](=O)[O-]. The number of alkyl halides is 1. The summed E-state index contributed by atoms with van der Waals surface area (Å²) in [7, 11) is -4.57. The maximum atomic E-state index is 14.3. The number of nitro groups is 1. The third-order valence-electron chi connectivity index (χ3n) is 2.09. The predicted octanol–water partition coefficient (Wildman–Crippen LogP) is 2.52. The van der Waals surface area contributed by atoms with Gasteiger partial charge in [0, 0.05) is 6.42 Å². The first-order valence-corrected chi connectivity index (χ1v) is 6.99. The summed E-state index contributed by atoms with van der Waals surface area (Å²) in [4.78, 5) is 20.3. The van der Waals surface area contributed by atoms with Crippen molar-refractivity contribution in [2.45, 2.75) is 39.1 Å². The number of hydrogen-bond acceptors (Lipinski definition) is 6. The molecule has 9 heteroatoms. The molecule has 0 aliphatic rings. The van der Waals surface area contributed by atoms with Crippen molar-refractivity contribution in [2.75, 3.05) is 13.2 Å². The molecule has 0 amide bonds. The van der Waals surface area contributed by atoms with Gasteiger partial charge in [0.15, 0.2) is 0 Å². The van der Waals surface area contributed by atoms with Crippen LogP contribution in [-0.4, -0.2) is 29.5 Å². The van der Waals surface area contributed by atoms with Crippen LogP contribution < -0.4 is 0 Å². The number of nitrogens with zero attached hydrogens (tertiary/aromatic N) is 1. The van der Waals surface area contributed by atoms with Gasteiger partial charge >= 0.3 is 13.1 Å². The molecule has 7 nitrogen and oxygen atoms in total. The minimum atomic E-state index is -4.57. The smallest absolute Gasteiger partial charge is 0.302 e. The summed E-state index contributed by atoms with van der Waals surface area (Å²) in [5.41, 5.74) is -3.40. The molecule has 0 rings (SSSR count). The highest BCUT2D eigenvalue weighted by Crippen LogP contribution is 2.62. The second-order valence-corrected chi connectivity index (χ2v) is 5.71. The van der Waals surface area contributed by atoms with Gasteiger partial charge in [0.2, 0.25) is 0 Å². The standard InChI is InChI=1S/C9H17FNO6P/c1-4-16-18(15,17-5-2)9(10,11(13)14)7-6-8(3)12/h4-7H2,1-3H3. The fraction of sp³-hybridized carbons (Fsp3) is 0.889. The van der Waals surface area contributed by atoms with Crippen molar-refractivity contribution in [2.24, 2.45) is 0 Å². The second-order valence-electron chi connectivity index (χ2n) is 3.51. The Bertz CT molecular complexity index is 353. The molecule has 0 aliphatic carbocycles. The van der Waals surface area contributed by atoms with E-state index < -0.39 is 36.7 Å². The predicted molar refractivity (Wildman–Crippen MR) is 61.6 cm³/mol. The Hall–Kier alpha value is -0.850. The van der Waals surface area contributed by atoms with E-state index in [0.29, 0.717) is 0 Å². The van der Waals surface area contributed by atoms with Gasteiger partial charge in [-0.1, -0.05) is 0 Å². The molecule has 0 saturated heterocycles. The van der Waals surface area contributed by atoms with E-state index in [1.54, 1.807) is 0 Å². The van der Waals surface area contributed by atoms with E-state index in [-0.39, 0.29) is 13.2 Å². The first-order chi connectivity index (χ1) is 8.23. The summed E-state index contributed by atoms with van der Waals surface area (Å²) in [6.45, 7) is 3.59. The molecule has 0 aliphatic heterocycles. The lowest BCUT2D eigenvalue weighted by Crippen LogP contribution is -2.35. The lowest BCUT2D eigenvalue weighted by molar-refractivity contribution is -0.579. The zero-order valence-electron chi connectivity index (χ0n) is 10.6. The van der Waals surface area contributed by atoms with Gasteiger partial charge in [-0.15, -0.1) is 0 Å². The molecule has 0 bridgehead atoms. The molecule has 0 spiro atoms. The lowest BCUT2D eigenvalue weighted by Gasteiger charge is -2.24. The normalized spacial score (nSPS) is 15.1. The summed E-state index contributed by atoms with van der Waals surface area (Å²) in [6.07, 6.45) is -1.26. The molecule has 106 valence electrons. The highest BCUT2D eigenvalue weighted by molar-refractivity contribution is 7.55. The van der Waals surface area contributed by atoms with E-state index in [1.165, 1.54) is 13.8 Å². The van der Waals surface area contributed by atoms with Crippen molar-refractivity contribution in [1.82, 2.24) is 0 Å². The maximum Gasteiger partial charge on any atom is 0.456 e. The van der Waals surface area contributed by atoms with Gasteiger partial charge in [0.1, 0.15) is 5.78 Å². The van der Waals surface area contributed by atoms with E-state index in [4.69, 9.17) is 0 Å². The molecule has 1 unspecified atom stereocenters. The molecular weight excluding hydrogens is 268 g/mol. The zero-order valence-corrected chi connectivity index (χ0v) is 11.4. The van der Waals surface area contributed by atoms with E-state index in [2.05, 4.69) is 9.05 Å². The van der Waals surface area contributed by atoms with Gasteiger partial charge in [-0.2, -0.15) is 4.39 Å². The van der Waals surface area contributed by atoms with E-state index in [1.807, 2.05) is 0 Å². The number of hydrogen-bond donors (Lipinski definition) is 0.